The molecule has 8 nitrogen and oxygen atoms in total. The van der Waals surface area contributed by atoms with Crippen LogP contribution in [0.2, 0.25) is 0 Å². The summed E-state index contributed by atoms with van der Waals surface area (Å²) in [6.45, 7) is 3.65. The molecule has 1 aliphatic carbocycles. The largest absolute Gasteiger partial charge is 0.478 e. The van der Waals surface area contributed by atoms with Crippen molar-refractivity contribution < 1.29 is 24.2 Å². The molecule has 4 rings (SSSR count). The molecule has 1 atom stereocenters. The van der Waals surface area contributed by atoms with Gasteiger partial charge >= 0.3 is 12.1 Å². The number of benzene rings is 2. The molecule has 2 aromatic carbocycles. The van der Waals surface area contributed by atoms with Crippen molar-refractivity contribution in [2.45, 2.75) is 26.2 Å². The number of hydrogen-bond donors (Lipinski definition) is 3. The average molecular weight is 480 g/mol. The van der Waals surface area contributed by atoms with Gasteiger partial charge in [-0.25, -0.2) is 9.59 Å². The zero-order valence-electron chi connectivity index (χ0n) is 18.8. The number of aromatic nitrogens is 1. The van der Waals surface area contributed by atoms with Gasteiger partial charge in [-0.3, -0.25) is 4.79 Å². The summed E-state index contributed by atoms with van der Waals surface area (Å²) in [6, 6.07) is 16.2. The Morgan fingerprint density at radius 3 is 2.29 bits per heavy atom. The SMILES string of the molecule is CCC(CNC(=O)OCC1c2ccccc2-c2ccccc21)C(=O)Nc1snc(C)c1C(=O)O. The molecular formula is C25H25N3O5S. The van der Waals surface area contributed by atoms with Crippen LogP contribution in [0.15, 0.2) is 48.5 Å². The minimum absolute atomic E-state index is 0.0160. The van der Waals surface area contributed by atoms with Crippen LogP contribution in [0, 0.1) is 12.8 Å². The third kappa shape index (κ3) is 4.65. The maximum atomic E-state index is 12.7. The minimum atomic E-state index is -1.15. The Morgan fingerprint density at radius 1 is 1.09 bits per heavy atom. The van der Waals surface area contributed by atoms with Crippen LogP contribution in [-0.2, 0) is 9.53 Å². The molecule has 176 valence electrons. The summed E-state index contributed by atoms with van der Waals surface area (Å²) in [5, 5.41) is 14.8. The lowest BCUT2D eigenvalue weighted by Crippen LogP contribution is -2.36. The predicted octanol–water partition coefficient (Wildman–Crippen LogP) is 4.65. The normalized spacial score (nSPS) is 13.0. The van der Waals surface area contributed by atoms with E-state index in [9.17, 15) is 19.5 Å². The molecule has 0 bridgehead atoms. The highest BCUT2D eigenvalue weighted by Crippen LogP contribution is 2.44. The Balaban J connectivity index is 1.34. The predicted molar refractivity (Wildman–Crippen MR) is 129 cm³/mol. The molecule has 2 amide bonds. The molecular weight excluding hydrogens is 454 g/mol. The number of aryl methyl sites for hydroxylation is 1. The van der Waals surface area contributed by atoms with E-state index in [-0.39, 0.29) is 35.5 Å². The van der Waals surface area contributed by atoms with E-state index in [4.69, 9.17) is 4.74 Å². The zero-order chi connectivity index (χ0) is 24.2. The van der Waals surface area contributed by atoms with Gasteiger partial charge in [0.05, 0.1) is 11.6 Å². The number of amides is 2. The molecule has 34 heavy (non-hydrogen) atoms. The van der Waals surface area contributed by atoms with Gasteiger partial charge in [0.15, 0.2) is 0 Å². The third-order valence-electron chi connectivity index (χ3n) is 6.01. The number of aromatic carboxylic acids is 1. The summed E-state index contributed by atoms with van der Waals surface area (Å²) < 4.78 is 9.52. The van der Waals surface area contributed by atoms with Crippen molar-refractivity contribution in [3.8, 4) is 11.1 Å². The highest BCUT2D eigenvalue weighted by atomic mass is 32.1. The van der Waals surface area contributed by atoms with Crippen LogP contribution in [0.1, 0.15) is 46.4 Å². The molecule has 0 aliphatic heterocycles. The van der Waals surface area contributed by atoms with Gasteiger partial charge in [-0.15, -0.1) is 0 Å². The van der Waals surface area contributed by atoms with E-state index in [1.165, 1.54) is 0 Å². The summed E-state index contributed by atoms with van der Waals surface area (Å²) in [4.78, 5) is 36.5. The zero-order valence-corrected chi connectivity index (χ0v) is 19.6. The minimum Gasteiger partial charge on any atom is -0.478 e. The smallest absolute Gasteiger partial charge is 0.407 e. The first-order valence-electron chi connectivity index (χ1n) is 11.0. The Hall–Kier alpha value is -3.72. The van der Waals surface area contributed by atoms with Crippen molar-refractivity contribution in [2.24, 2.45) is 5.92 Å². The fourth-order valence-electron chi connectivity index (χ4n) is 4.20. The van der Waals surface area contributed by atoms with Crippen molar-refractivity contribution in [3.63, 3.8) is 0 Å². The van der Waals surface area contributed by atoms with E-state index in [2.05, 4.69) is 27.1 Å². The fraction of sp³-hybridized carbons (Fsp3) is 0.280. The van der Waals surface area contributed by atoms with E-state index < -0.39 is 18.0 Å². The molecule has 1 unspecified atom stereocenters. The number of nitrogens with zero attached hydrogens (tertiary/aromatic N) is 1. The first kappa shape index (κ1) is 23.4. The van der Waals surface area contributed by atoms with Crippen LogP contribution in [0.5, 0.6) is 0 Å². The van der Waals surface area contributed by atoms with Gasteiger partial charge in [-0.05, 0) is 47.1 Å². The number of carbonyl (C=O) groups excluding carboxylic acids is 2. The molecule has 0 spiro atoms. The number of hydrogen-bond acceptors (Lipinski definition) is 6. The number of fused-ring (bicyclic) bond motifs is 3. The standard InChI is InChI=1S/C25H25N3O5S/c1-3-15(22(29)27-23-21(24(30)31)14(2)28-34-23)12-26-25(32)33-13-20-18-10-6-4-8-16(18)17-9-5-7-11-19(17)20/h4-11,15,20H,3,12-13H2,1-2H3,(H,26,32)(H,27,29)(H,30,31). The average Bonchev–Trinajstić information content (AvgIpc) is 3.35. The quantitative estimate of drug-likeness (QED) is 0.433. The van der Waals surface area contributed by atoms with Gasteiger partial charge in [0.2, 0.25) is 5.91 Å². The van der Waals surface area contributed by atoms with Crippen LogP contribution < -0.4 is 10.6 Å². The topological polar surface area (TPSA) is 118 Å². The molecule has 3 N–H and O–H groups in total. The van der Waals surface area contributed by atoms with Crippen molar-refractivity contribution in [1.29, 1.82) is 0 Å². The lowest BCUT2D eigenvalue weighted by Gasteiger charge is -2.17. The summed E-state index contributed by atoms with van der Waals surface area (Å²) in [7, 11) is 0. The lowest BCUT2D eigenvalue weighted by atomic mass is 9.98. The molecule has 1 aromatic heterocycles. The van der Waals surface area contributed by atoms with Crippen LogP contribution >= 0.6 is 11.5 Å². The summed E-state index contributed by atoms with van der Waals surface area (Å²) >= 11 is 0.921. The van der Waals surface area contributed by atoms with Gasteiger partial charge in [-0.1, -0.05) is 55.5 Å². The van der Waals surface area contributed by atoms with Gasteiger partial charge in [0.1, 0.15) is 17.2 Å². The summed E-state index contributed by atoms with van der Waals surface area (Å²) in [5.41, 5.74) is 4.87. The first-order chi connectivity index (χ1) is 16.4. The molecule has 1 heterocycles. The number of carboxylic acid groups (broad SMARTS) is 1. The van der Waals surface area contributed by atoms with Gasteiger partial charge in [0.25, 0.3) is 0 Å². The van der Waals surface area contributed by atoms with E-state index in [1.807, 2.05) is 43.3 Å². The number of carboxylic acids is 1. The van der Waals surface area contributed by atoms with Crippen LogP contribution in [0.25, 0.3) is 11.1 Å². The Labute approximate surface area is 201 Å². The van der Waals surface area contributed by atoms with Crippen LogP contribution in [-0.4, -0.2) is 40.6 Å². The molecule has 1 aliphatic rings. The van der Waals surface area contributed by atoms with Gasteiger partial charge < -0.3 is 20.5 Å². The molecule has 0 radical (unpaired) electrons. The van der Waals surface area contributed by atoms with E-state index in [0.29, 0.717) is 12.1 Å². The second kappa shape index (κ2) is 10.0. The van der Waals surface area contributed by atoms with Crippen molar-refractivity contribution >= 4 is 34.5 Å². The molecule has 9 heteroatoms. The molecule has 0 saturated carbocycles. The van der Waals surface area contributed by atoms with Crippen molar-refractivity contribution in [1.82, 2.24) is 9.69 Å². The number of carbonyl (C=O) groups is 3. The Kier molecular flexibility index (Phi) is 6.93. The molecule has 0 saturated heterocycles. The second-order valence-corrected chi connectivity index (χ2v) is 8.85. The molecule has 0 fully saturated rings. The lowest BCUT2D eigenvalue weighted by molar-refractivity contribution is -0.119. The summed E-state index contributed by atoms with van der Waals surface area (Å²) in [6.07, 6.45) is -0.150. The van der Waals surface area contributed by atoms with Gasteiger partial charge in [0, 0.05) is 12.5 Å². The van der Waals surface area contributed by atoms with Crippen LogP contribution in [0.3, 0.4) is 0 Å². The number of alkyl carbamates (subject to hydrolysis) is 1. The number of rotatable bonds is 8. The maximum absolute atomic E-state index is 12.7. The third-order valence-corrected chi connectivity index (χ3v) is 6.87. The van der Waals surface area contributed by atoms with Crippen LogP contribution in [0.4, 0.5) is 9.80 Å². The number of anilines is 1. The van der Waals surface area contributed by atoms with E-state index >= 15 is 0 Å². The fourth-order valence-corrected chi connectivity index (χ4v) is 4.99. The molecule has 3 aromatic rings. The summed E-state index contributed by atoms with van der Waals surface area (Å²) in [5.74, 6) is -2.13. The number of nitrogens with one attached hydrogen (secondary N) is 2. The Morgan fingerprint density at radius 2 is 1.71 bits per heavy atom. The maximum Gasteiger partial charge on any atom is 0.407 e. The monoisotopic (exact) mass is 479 g/mol. The van der Waals surface area contributed by atoms with Gasteiger partial charge in [-0.2, -0.15) is 4.37 Å². The van der Waals surface area contributed by atoms with Crippen molar-refractivity contribution in [2.75, 3.05) is 18.5 Å². The highest BCUT2D eigenvalue weighted by Gasteiger charge is 2.29. The highest BCUT2D eigenvalue weighted by molar-refractivity contribution is 7.11. The van der Waals surface area contributed by atoms with E-state index in [1.54, 1.807) is 6.92 Å². The number of ether oxygens (including phenoxy) is 1. The first-order valence-corrected chi connectivity index (χ1v) is 11.8. The second-order valence-electron chi connectivity index (χ2n) is 8.08. The Bertz CT molecular complexity index is 1190. The van der Waals surface area contributed by atoms with Crippen molar-refractivity contribution in [3.05, 3.63) is 70.9 Å². The van der Waals surface area contributed by atoms with E-state index in [0.717, 1.165) is 33.8 Å².